The Kier molecular flexibility index (Phi) is 2.70. The summed E-state index contributed by atoms with van der Waals surface area (Å²) in [4.78, 5) is 0. The van der Waals surface area contributed by atoms with E-state index in [0.717, 1.165) is 5.39 Å². The SMILES string of the molecule is [c]1cccc2c(-c3ccc4ccc5cccc6ccc3c4c56)cccc12. The lowest BCUT2D eigenvalue weighted by Gasteiger charge is -2.15. The van der Waals surface area contributed by atoms with E-state index in [2.05, 4.69) is 91.0 Å². The molecule has 0 amide bonds. The van der Waals surface area contributed by atoms with Gasteiger partial charge < -0.3 is 0 Å². The molecule has 6 rings (SSSR count). The van der Waals surface area contributed by atoms with Crippen LogP contribution in [0.1, 0.15) is 0 Å². The Bertz CT molecular complexity index is 1400. The summed E-state index contributed by atoms with van der Waals surface area (Å²) in [6, 6.07) is 36.2. The highest BCUT2D eigenvalue weighted by Crippen LogP contribution is 2.40. The van der Waals surface area contributed by atoms with Crippen molar-refractivity contribution in [1.82, 2.24) is 0 Å². The lowest BCUT2D eigenvalue weighted by atomic mass is 9.88. The highest BCUT2D eigenvalue weighted by Gasteiger charge is 2.13. The molecule has 0 aromatic heterocycles. The second-order valence-corrected chi connectivity index (χ2v) is 6.91. The molecule has 0 unspecified atom stereocenters. The molecule has 0 heterocycles. The first-order valence-corrected chi connectivity index (χ1v) is 8.96. The normalized spacial score (nSPS) is 11.8. The van der Waals surface area contributed by atoms with Crippen LogP contribution in [-0.4, -0.2) is 0 Å². The lowest BCUT2D eigenvalue weighted by Crippen LogP contribution is -1.88. The van der Waals surface area contributed by atoms with Gasteiger partial charge in [0, 0.05) is 0 Å². The number of hydrogen-bond acceptors (Lipinski definition) is 0. The molecule has 119 valence electrons. The van der Waals surface area contributed by atoms with Crippen molar-refractivity contribution in [2.24, 2.45) is 0 Å². The molecule has 0 saturated heterocycles. The monoisotopic (exact) mass is 327 g/mol. The van der Waals surface area contributed by atoms with Crippen LogP contribution in [0.4, 0.5) is 0 Å². The molecule has 0 saturated carbocycles. The van der Waals surface area contributed by atoms with E-state index in [4.69, 9.17) is 0 Å². The van der Waals surface area contributed by atoms with Gasteiger partial charge in [0.25, 0.3) is 0 Å². The number of benzene rings is 6. The first-order chi connectivity index (χ1) is 12.9. The van der Waals surface area contributed by atoms with Gasteiger partial charge in [0.15, 0.2) is 0 Å². The van der Waals surface area contributed by atoms with Crippen LogP contribution in [0.2, 0.25) is 0 Å². The van der Waals surface area contributed by atoms with Crippen molar-refractivity contribution < 1.29 is 0 Å². The first-order valence-electron chi connectivity index (χ1n) is 8.96. The molecule has 6 aromatic carbocycles. The van der Waals surface area contributed by atoms with Crippen molar-refractivity contribution in [3.8, 4) is 11.1 Å². The van der Waals surface area contributed by atoms with Gasteiger partial charge in [-0.2, -0.15) is 0 Å². The molecule has 0 nitrogen and oxygen atoms in total. The quantitative estimate of drug-likeness (QED) is 0.280. The molecule has 0 heteroatoms. The van der Waals surface area contributed by atoms with Gasteiger partial charge in [-0.15, -0.1) is 0 Å². The van der Waals surface area contributed by atoms with Gasteiger partial charge in [0.1, 0.15) is 0 Å². The van der Waals surface area contributed by atoms with Crippen molar-refractivity contribution in [2.45, 2.75) is 0 Å². The molecule has 1 radical (unpaired) electrons. The third-order valence-corrected chi connectivity index (χ3v) is 5.52. The second kappa shape index (κ2) is 5.06. The molecule has 0 aliphatic heterocycles. The van der Waals surface area contributed by atoms with Gasteiger partial charge in [-0.05, 0) is 60.3 Å². The van der Waals surface area contributed by atoms with Crippen LogP contribution in [0.5, 0.6) is 0 Å². The molecule has 0 spiro atoms. The van der Waals surface area contributed by atoms with E-state index in [1.165, 1.54) is 48.8 Å². The molecule has 0 aliphatic carbocycles. The van der Waals surface area contributed by atoms with E-state index in [9.17, 15) is 0 Å². The Labute approximate surface area is 151 Å². The second-order valence-electron chi connectivity index (χ2n) is 6.91. The average Bonchev–Trinajstić information content (AvgIpc) is 2.71. The standard InChI is InChI=1S/C26H15/c1-2-9-21-17(5-1)6-4-10-22(21)23-15-13-20-12-11-18-7-3-8-19-14-16-24(23)26(20)25(18)19/h1-4,6-16H. The van der Waals surface area contributed by atoms with Gasteiger partial charge >= 0.3 is 0 Å². The van der Waals surface area contributed by atoms with Crippen LogP contribution >= 0.6 is 0 Å². The molecule has 0 atom stereocenters. The minimum absolute atomic E-state index is 1.16. The third-order valence-electron chi connectivity index (χ3n) is 5.52. The van der Waals surface area contributed by atoms with Gasteiger partial charge in [-0.1, -0.05) is 91.0 Å². The first kappa shape index (κ1) is 13.9. The van der Waals surface area contributed by atoms with Crippen LogP contribution in [0, 0.1) is 6.07 Å². The minimum atomic E-state index is 1.16. The lowest BCUT2D eigenvalue weighted by molar-refractivity contribution is 1.69. The van der Waals surface area contributed by atoms with Crippen molar-refractivity contribution in [3.63, 3.8) is 0 Å². The van der Waals surface area contributed by atoms with Gasteiger partial charge in [-0.25, -0.2) is 0 Å². The van der Waals surface area contributed by atoms with Crippen molar-refractivity contribution >= 4 is 43.1 Å². The van der Waals surface area contributed by atoms with E-state index in [0.29, 0.717) is 0 Å². The summed E-state index contributed by atoms with van der Waals surface area (Å²) in [5.41, 5.74) is 2.57. The van der Waals surface area contributed by atoms with Gasteiger partial charge in [-0.3, -0.25) is 0 Å². The largest absolute Gasteiger partial charge is 0.0610 e. The Morgan fingerprint density at radius 1 is 0.462 bits per heavy atom. The van der Waals surface area contributed by atoms with Crippen LogP contribution < -0.4 is 0 Å². The molecule has 0 aliphatic rings. The number of hydrogen-bond donors (Lipinski definition) is 0. The highest BCUT2D eigenvalue weighted by atomic mass is 14.2. The molecular formula is C26H15. The molecule has 0 bridgehead atoms. The van der Waals surface area contributed by atoms with E-state index in [-0.39, 0.29) is 0 Å². The minimum Gasteiger partial charge on any atom is -0.0610 e. The van der Waals surface area contributed by atoms with E-state index >= 15 is 0 Å². The van der Waals surface area contributed by atoms with Crippen molar-refractivity contribution in [1.29, 1.82) is 0 Å². The summed E-state index contributed by atoms with van der Waals surface area (Å²) in [7, 11) is 0. The van der Waals surface area contributed by atoms with Crippen LogP contribution in [-0.2, 0) is 0 Å². The third kappa shape index (κ3) is 1.79. The highest BCUT2D eigenvalue weighted by molar-refractivity contribution is 6.26. The Morgan fingerprint density at radius 3 is 2.04 bits per heavy atom. The average molecular weight is 327 g/mol. The maximum Gasteiger partial charge on any atom is -0.00206 e. The van der Waals surface area contributed by atoms with Crippen LogP contribution in [0.25, 0.3) is 54.2 Å². The fourth-order valence-electron chi connectivity index (χ4n) is 4.36. The summed E-state index contributed by atoms with van der Waals surface area (Å²) in [5, 5.41) is 10.4. The van der Waals surface area contributed by atoms with E-state index < -0.39 is 0 Å². The Morgan fingerprint density at radius 2 is 1.15 bits per heavy atom. The molecular weight excluding hydrogens is 312 g/mol. The maximum atomic E-state index is 3.36. The molecule has 6 aromatic rings. The number of rotatable bonds is 1. The number of fused-ring (bicyclic) bond motifs is 1. The zero-order valence-electron chi connectivity index (χ0n) is 14.2. The zero-order chi connectivity index (χ0) is 17.1. The van der Waals surface area contributed by atoms with Crippen LogP contribution in [0.3, 0.4) is 0 Å². The maximum absolute atomic E-state index is 3.36. The van der Waals surface area contributed by atoms with Crippen molar-refractivity contribution in [3.05, 3.63) is 97.1 Å². The summed E-state index contributed by atoms with van der Waals surface area (Å²) in [6.45, 7) is 0. The summed E-state index contributed by atoms with van der Waals surface area (Å²) >= 11 is 0. The van der Waals surface area contributed by atoms with Gasteiger partial charge in [0.05, 0.1) is 0 Å². The van der Waals surface area contributed by atoms with E-state index in [1.54, 1.807) is 0 Å². The Balaban J connectivity index is 1.82. The predicted octanol–water partition coefficient (Wildman–Crippen LogP) is 7.20. The van der Waals surface area contributed by atoms with Crippen molar-refractivity contribution in [2.75, 3.05) is 0 Å². The predicted molar refractivity (Wildman–Crippen MR) is 112 cm³/mol. The molecule has 0 N–H and O–H groups in total. The Hall–Kier alpha value is -3.38. The fraction of sp³-hybridized carbons (Fsp3) is 0. The summed E-state index contributed by atoms with van der Waals surface area (Å²) in [6.07, 6.45) is 0. The van der Waals surface area contributed by atoms with Gasteiger partial charge in [0.2, 0.25) is 0 Å². The zero-order valence-corrected chi connectivity index (χ0v) is 14.2. The molecule has 0 fully saturated rings. The smallest absolute Gasteiger partial charge is 0.00206 e. The summed E-state index contributed by atoms with van der Waals surface area (Å²) in [5.74, 6) is 0. The van der Waals surface area contributed by atoms with E-state index in [1.807, 2.05) is 6.07 Å². The fourth-order valence-corrected chi connectivity index (χ4v) is 4.36. The van der Waals surface area contributed by atoms with Crippen LogP contribution in [0.15, 0.2) is 91.0 Å². The molecule has 26 heavy (non-hydrogen) atoms. The summed E-state index contributed by atoms with van der Waals surface area (Å²) < 4.78 is 0. The topological polar surface area (TPSA) is 0 Å².